The lowest BCUT2D eigenvalue weighted by molar-refractivity contribution is 0.0694. The third-order valence-corrected chi connectivity index (χ3v) is 5.54. The van der Waals surface area contributed by atoms with Gasteiger partial charge in [-0.15, -0.1) is 0 Å². The van der Waals surface area contributed by atoms with E-state index in [0.29, 0.717) is 12.1 Å². The standard InChI is InChI=1S/C21H17FN2O4/c22-16-6-14-18(24(13-3-4-13)9-15(19(14)25)21(27)28)20(26)17(16)10-1-2-11-7-23-8-12(11)5-10/h1-2,5-6,9,13,23,26H,3-4,7-8H2,(H,27,28). The maximum atomic E-state index is 15.0. The fourth-order valence-corrected chi connectivity index (χ4v) is 3.99. The lowest BCUT2D eigenvalue weighted by Crippen LogP contribution is -2.19. The molecule has 28 heavy (non-hydrogen) atoms. The minimum Gasteiger partial charge on any atom is -0.505 e. The van der Waals surface area contributed by atoms with Gasteiger partial charge in [0.25, 0.3) is 0 Å². The van der Waals surface area contributed by atoms with Crippen LogP contribution in [0.4, 0.5) is 4.39 Å². The van der Waals surface area contributed by atoms with E-state index in [0.717, 1.165) is 36.6 Å². The largest absolute Gasteiger partial charge is 0.505 e. The third-order valence-electron chi connectivity index (χ3n) is 5.54. The molecule has 1 aromatic heterocycles. The molecule has 2 heterocycles. The van der Waals surface area contributed by atoms with Gasteiger partial charge < -0.3 is 20.1 Å². The molecule has 7 heteroatoms. The van der Waals surface area contributed by atoms with Crippen LogP contribution >= 0.6 is 0 Å². The first-order valence-electron chi connectivity index (χ1n) is 9.12. The summed E-state index contributed by atoms with van der Waals surface area (Å²) in [6, 6.07) is 6.53. The number of aromatic nitrogens is 1. The zero-order valence-electron chi connectivity index (χ0n) is 14.8. The molecule has 1 saturated carbocycles. The first-order chi connectivity index (χ1) is 13.5. The summed E-state index contributed by atoms with van der Waals surface area (Å²) in [6.45, 7) is 1.43. The van der Waals surface area contributed by atoms with Crippen molar-refractivity contribution in [1.29, 1.82) is 0 Å². The number of hydrogen-bond donors (Lipinski definition) is 3. The number of carboxylic acid groups (broad SMARTS) is 1. The molecule has 0 radical (unpaired) electrons. The van der Waals surface area contributed by atoms with Crippen molar-refractivity contribution in [3.63, 3.8) is 0 Å². The van der Waals surface area contributed by atoms with E-state index in [2.05, 4.69) is 5.32 Å². The van der Waals surface area contributed by atoms with E-state index >= 15 is 4.39 Å². The van der Waals surface area contributed by atoms with Crippen LogP contribution in [0.25, 0.3) is 22.0 Å². The normalized spacial score (nSPS) is 15.8. The van der Waals surface area contributed by atoms with E-state index in [4.69, 9.17) is 0 Å². The molecule has 5 rings (SSSR count). The zero-order chi connectivity index (χ0) is 19.6. The second kappa shape index (κ2) is 5.90. The van der Waals surface area contributed by atoms with Gasteiger partial charge in [0, 0.05) is 25.3 Å². The molecule has 2 aliphatic rings. The van der Waals surface area contributed by atoms with Crippen LogP contribution in [0.15, 0.2) is 35.3 Å². The summed E-state index contributed by atoms with van der Waals surface area (Å²) in [5.41, 5.74) is 1.69. The van der Waals surface area contributed by atoms with Crippen LogP contribution in [-0.4, -0.2) is 20.7 Å². The van der Waals surface area contributed by atoms with Crippen LogP contribution in [0.2, 0.25) is 0 Å². The van der Waals surface area contributed by atoms with E-state index in [1.807, 2.05) is 12.1 Å². The molecule has 1 aliphatic heterocycles. The maximum absolute atomic E-state index is 15.0. The highest BCUT2D eigenvalue weighted by atomic mass is 19.1. The van der Waals surface area contributed by atoms with Crippen LogP contribution in [0.3, 0.4) is 0 Å². The van der Waals surface area contributed by atoms with Crippen molar-refractivity contribution in [3.05, 3.63) is 63.2 Å². The molecule has 0 atom stereocenters. The van der Waals surface area contributed by atoms with E-state index in [-0.39, 0.29) is 28.3 Å². The van der Waals surface area contributed by atoms with Crippen molar-refractivity contribution >= 4 is 16.9 Å². The number of pyridine rings is 1. The SMILES string of the molecule is O=C(O)c1cn(C2CC2)c2c(O)c(-c3ccc4c(c3)CNC4)c(F)cc2c1=O. The highest BCUT2D eigenvalue weighted by Crippen LogP contribution is 2.43. The molecule has 0 bridgehead atoms. The Kier molecular flexibility index (Phi) is 3.57. The predicted molar refractivity (Wildman–Crippen MR) is 101 cm³/mol. The van der Waals surface area contributed by atoms with Gasteiger partial charge in [0.2, 0.25) is 5.43 Å². The van der Waals surface area contributed by atoms with Gasteiger partial charge in [0.05, 0.1) is 16.5 Å². The number of benzene rings is 2. The highest BCUT2D eigenvalue weighted by molar-refractivity contribution is 5.97. The number of nitrogens with zero attached hydrogens (tertiary/aromatic N) is 1. The van der Waals surface area contributed by atoms with Crippen LogP contribution in [0.1, 0.15) is 40.4 Å². The average molecular weight is 380 g/mol. The molecule has 0 saturated heterocycles. The van der Waals surface area contributed by atoms with Crippen LogP contribution in [0.5, 0.6) is 5.75 Å². The van der Waals surface area contributed by atoms with Crippen LogP contribution in [-0.2, 0) is 13.1 Å². The molecule has 0 spiro atoms. The fraction of sp³-hybridized carbons (Fsp3) is 0.238. The number of halogens is 1. The van der Waals surface area contributed by atoms with Crippen molar-refractivity contribution in [2.24, 2.45) is 0 Å². The Bertz CT molecular complexity index is 1230. The molecule has 1 aliphatic carbocycles. The monoisotopic (exact) mass is 380 g/mol. The summed E-state index contributed by atoms with van der Waals surface area (Å²) in [5.74, 6) is -2.45. The molecular weight excluding hydrogens is 363 g/mol. The summed E-state index contributed by atoms with van der Waals surface area (Å²) in [4.78, 5) is 24.0. The van der Waals surface area contributed by atoms with E-state index in [9.17, 15) is 19.8 Å². The number of nitrogens with one attached hydrogen (secondary N) is 1. The summed E-state index contributed by atoms with van der Waals surface area (Å²) < 4.78 is 16.6. The summed E-state index contributed by atoms with van der Waals surface area (Å²) in [6.07, 6.45) is 2.89. The van der Waals surface area contributed by atoms with Gasteiger partial charge in [-0.2, -0.15) is 0 Å². The number of phenols is 1. The fourth-order valence-electron chi connectivity index (χ4n) is 3.99. The van der Waals surface area contributed by atoms with Crippen LogP contribution < -0.4 is 10.7 Å². The molecule has 0 amide bonds. The molecule has 1 fully saturated rings. The third kappa shape index (κ3) is 2.43. The van der Waals surface area contributed by atoms with Gasteiger partial charge in [-0.05, 0) is 41.7 Å². The predicted octanol–water partition coefficient (Wildman–Crippen LogP) is 3.15. The Morgan fingerprint density at radius 2 is 1.93 bits per heavy atom. The Balaban J connectivity index is 1.83. The number of phenolic OH excluding ortho intramolecular Hbond substituents is 1. The smallest absolute Gasteiger partial charge is 0.341 e. The molecule has 142 valence electrons. The second-order valence-corrected chi connectivity index (χ2v) is 7.38. The Labute approximate surface area is 158 Å². The van der Waals surface area contributed by atoms with Gasteiger partial charge in [0.1, 0.15) is 11.4 Å². The Morgan fingerprint density at radius 3 is 2.64 bits per heavy atom. The number of carboxylic acids is 1. The number of aromatic hydroxyl groups is 1. The summed E-state index contributed by atoms with van der Waals surface area (Å²) in [7, 11) is 0. The molecule has 3 aromatic rings. The van der Waals surface area contributed by atoms with Gasteiger partial charge in [-0.25, -0.2) is 9.18 Å². The van der Waals surface area contributed by atoms with Crippen LogP contribution in [0, 0.1) is 5.82 Å². The first-order valence-corrected chi connectivity index (χ1v) is 9.12. The van der Waals surface area contributed by atoms with Crippen molar-refractivity contribution in [3.8, 4) is 16.9 Å². The Morgan fingerprint density at radius 1 is 1.18 bits per heavy atom. The molecule has 3 N–H and O–H groups in total. The quantitative estimate of drug-likeness (QED) is 0.649. The number of hydrogen-bond acceptors (Lipinski definition) is 4. The van der Waals surface area contributed by atoms with E-state index < -0.39 is 22.8 Å². The van der Waals surface area contributed by atoms with Crippen molar-refractivity contribution in [1.82, 2.24) is 9.88 Å². The number of fused-ring (bicyclic) bond motifs is 2. The van der Waals surface area contributed by atoms with Crippen molar-refractivity contribution in [2.75, 3.05) is 0 Å². The number of aromatic carboxylic acids is 1. The van der Waals surface area contributed by atoms with Gasteiger partial charge in [-0.1, -0.05) is 12.1 Å². The molecule has 0 unspecified atom stereocenters. The topological polar surface area (TPSA) is 91.6 Å². The maximum Gasteiger partial charge on any atom is 0.341 e. The minimum absolute atomic E-state index is 0.00497. The summed E-state index contributed by atoms with van der Waals surface area (Å²) >= 11 is 0. The van der Waals surface area contributed by atoms with Gasteiger partial charge in [0.15, 0.2) is 5.75 Å². The number of rotatable bonds is 3. The van der Waals surface area contributed by atoms with Crippen molar-refractivity contribution in [2.45, 2.75) is 32.0 Å². The first kappa shape index (κ1) is 16.9. The second-order valence-electron chi connectivity index (χ2n) is 7.38. The Hall–Kier alpha value is -3.19. The zero-order valence-corrected chi connectivity index (χ0v) is 14.8. The lowest BCUT2D eigenvalue weighted by atomic mass is 9.97. The lowest BCUT2D eigenvalue weighted by Gasteiger charge is -2.16. The molecular formula is C21H17FN2O4. The molecule has 2 aromatic carbocycles. The minimum atomic E-state index is -1.36. The summed E-state index contributed by atoms with van der Waals surface area (Å²) in [5, 5.41) is 23.4. The number of carbonyl (C=O) groups is 1. The highest BCUT2D eigenvalue weighted by Gasteiger charge is 2.30. The average Bonchev–Trinajstić information content (AvgIpc) is 3.39. The van der Waals surface area contributed by atoms with E-state index in [1.165, 1.54) is 6.20 Å². The van der Waals surface area contributed by atoms with Gasteiger partial charge in [-0.3, -0.25) is 4.79 Å². The van der Waals surface area contributed by atoms with E-state index in [1.54, 1.807) is 10.6 Å². The van der Waals surface area contributed by atoms with Gasteiger partial charge >= 0.3 is 5.97 Å². The van der Waals surface area contributed by atoms with Crippen molar-refractivity contribution < 1.29 is 19.4 Å². The molecule has 6 nitrogen and oxygen atoms in total.